The highest BCUT2D eigenvalue weighted by Crippen LogP contribution is 2.40. The van der Waals surface area contributed by atoms with Crippen LogP contribution in [0.15, 0.2) is 46.1 Å². The molecular formula is C20H16F2N4O3. The van der Waals surface area contributed by atoms with E-state index in [4.69, 9.17) is 10.3 Å². The van der Waals surface area contributed by atoms with E-state index in [1.165, 1.54) is 10.6 Å². The van der Waals surface area contributed by atoms with E-state index in [0.717, 1.165) is 6.07 Å². The lowest BCUT2D eigenvalue weighted by Crippen LogP contribution is -2.15. The van der Waals surface area contributed by atoms with Crippen molar-refractivity contribution in [1.29, 1.82) is 0 Å². The topological polar surface area (TPSA) is 110 Å². The van der Waals surface area contributed by atoms with E-state index in [9.17, 15) is 19.1 Å². The van der Waals surface area contributed by atoms with Crippen LogP contribution in [0.4, 0.5) is 8.78 Å². The summed E-state index contributed by atoms with van der Waals surface area (Å²) in [6.45, 7) is 3.36. The molecule has 4 aromatic rings. The van der Waals surface area contributed by atoms with Crippen molar-refractivity contribution >= 4 is 16.7 Å². The molecule has 0 spiro atoms. The van der Waals surface area contributed by atoms with Crippen LogP contribution in [0.25, 0.3) is 27.8 Å². The summed E-state index contributed by atoms with van der Waals surface area (Å²) in [6.07, 6.45) is 0. The molecule has 4 N–H and O–H groups in total. The summed E-state index contributed by atoms with van der Waals surface area (Å²) < 4.78 is 35.8. The van der Waals surface area contributed by atoms with Crippen molar-refractivity contribution in [3.63, 3.8) is 0 Å². The normalized spacial score (nSPS) is 12.1. The molecule has 0 atom stereocenters. The first-order valence-corrected chi connectivity index (χ1v) is 8.58. The Morgan fingerprint density at radius 2 is 1.86 bits per heavy atom. The number of amidine groups is 1. The molecule has 2 heterocycles. The minimum Gasteiger partial charge on any atom is -0.505 e. The second-order valence-corrected chi connectivity index (χ2v) is 6.49. The number of hydrogen-bond donors (Lipinski definition) is 3. The van der Waals surface area contributed by atoms with Crippen LogP contribution >= 0.6 is 0 Å². The molecule has 2 aromatic heterocycles. The highest BCUT2D eigenvalue weighted by atomic mass is 19.2. The van der Waals surface area contributed by atoms with Gasteiger partial charge in [0.15, 0.2) is 17.4 Å². The number of hydrogen-bond acceptors (Lipinski definition) is 5. The van der Waals surface area contributed by atoms with Gasteiger partial charge in [0.2, 0.25) is 5.82 Å². The number of aryl methyl sites for hydroxylation is 2. The number of rotatable bonds is 3. The van der Waals surface area contributed by atoms with Crippen LogP contribution in [0.3, 0.4) is 0 Å². The van der Waals surface area contributed by atoms with Gasteiger partial charge in [0.1, 0.15) is 5.76 Å². The summed E-state index contributed by atoms with van der Waals surface area (Å²) in [5, 5.41) is 26.5. The molecule has 0 saturated carbocycles. The smallest absolute Gasteiger partial charge is 0.202 e. The Balaban J connectivity index is 2.27. The van der Waals surface area contributed by atoms with Crippen molar-refractivity contribution in [2.45, 2.75) is 13.8 Å². The van der Waals surface area contributed by atoms with E-state index < -0.39 is 17.4 Å². The molecule has 0 saturated heterocycles. The number of phenols is 1. The van der Waals surface area contributed by atoms with Crippen LogP contribution in [-0.4, -0.2) is 25.9 Å². The number of nitrogens with two attached hydrogens (primary N) is 1. The molecule has 0 unspecified atom stereocenters. The average molecular weight is 398 g/mol. The van der Waals surface area contributed by atoms with Crippen LogP contribution in [0.1, 0.15) is 17.0 Å². The second kappa shape index (κ2) is 6.62. The molecule has 2 aromatic carbocycles. The number of nitrogens with zero attached hydrogens (tertiary/aromatic N) is 3. The maximum absolute atomic E-state index is 14.9. The average Bonchev–Trinajstić information content (AvgIpc) is 3.22. The SMILES string of the molecule is Cc1noc(C)c1-c1c(C(N)=NO)c2ccccc2n1-c1ccc(O)c(F)c1F. The van der Waals surface area contributed by atoms with Crippen molar-refractivity contribution in [2.75, 3.05) is 0 Å². The van der Waals surface area contributed by atoms with E-state index in [2.05, 4.69) is 10.3 Å². The Morgan fingerprint density at radius 3 is 2.52 bits per heavy atom. The van der Waals surface area contributed by atoms with Crippen LogP contribution in [0, 0.1) is 25.5 Å². The molecule has 0 aliphatic carbocycles. The molecule has 0 amide bonds. The molecule has 4 rings (SSSR count). The lowest BCUT2D eigenvalue weighted by Gasteiger charge is -2.14. The number of halogens is 2. The van der Waals surface area contributed by atoms with Crippen LogP contribution in [0.5, 0.6) is 5.75 Å². The zero-order chi connectivity index (χ0) is 20.9. The van der Waals surface area contributed by atoms with E-state index in [-0.39, 0.29) is 11.5 Å². The van der Waals surface area contributed by atoms with Gasteiger partial charge in [-0.1, -0.05) is 28.5 Å². The largest absolute Gasteiger partial charge is 0.505 e. The molecule has 9 heteroatoms. The standard InChI is InChI=1S/C20H16F2N4O3/c1-9-15(10(2)29-25-9)19-16(20(23)24-28)11-5-3-4-6-12(11)26(19)13-7-8-14(27)18(22)17(13)21/h3-8,27-28H,1-2H3,(H2,23,24). The third kappa shape index (κ3) is 2.62. The van der Waals surface area contributed by atoms with Gasteiger partial charge in [0, 0.05) is 5.39 Å². The first-order chi connectivity index (χ1) is 13.9. The van der Waals surface area contributed by atoms with Crippen molar-refractivity contribution in [2.24, 2.45) is 10.9 Å². The summed E-state index contributed by atoms with van der Waals surface area (Å²) >= 11 is 0. The Morgan fingerprint density at radius 1 is 1.14 bits per heavy atom. The van der Waals surface area contributed by atoms with Gasteiger partial charge in [-0.25, -0.2) is 4.39 Å². The molecule has 0 bridgehead atoms. The van der Waals surface area contributed by atoms with E-state index in [1.54, 1.807) is 38.1 Å². The lowest BCUT2D eigenvalue weighted by molar-refractivity contribution is 0.318. The van der Waals surface area contributed by atoms with E-state index in [0.29, 0.717) is 39.2 Å². The predicted molar refractivity (Wildman–Crippen MR) is 102 cm³/mol. The van der Waals surface area contributed by atoms with Crippen LogP contribution in [-0.2, 0) is 0 Å². The fraction of sp³-hybridized carbons (Fsp3) is 0.100. The first kappa shape index (κ1) is 18.5. The Hall–Kier alpha value is -3.88. The zero-order valence-electron chi connectivity index (χ0n) is 15.4. The summed E-state index contributed by atoms with van der Waals surface area (Å²) in [5.41, 5.74) is 7.91. The molecule has 0 aliphatic rings. The monoisotopic (exact) mass is 398 g/mol. The maximum Gasteiger partial charge on any atom is 0.202 e. The predicted octanol–water partition coefficient (Wildman–Crippen LogP) is 3.98. The van der Waals surface area contributed by atoms with Gasteiger partial charge in [0.05, 0.1) is 33.7 Å². The number of benzene rings is 2. The lowest BCUT2D eigenvalue weighted by atomic mass is 10.0. The van der Waals surface area contributed by atoms with Crippen molar-refractivity contribution in [3.8, 4) is 22.7 Å². The van der Waals surface area contributed by atoms with Gasteiger partial charge < -0.3 is 25.1 Å². The van der Waals surface area contributed by atoms with Gasteiger partial charge in [-0.3, -0.25) is 0 Å². The number of oxime groups is 1. The highest BCUT2D eigenvalue weighted by Gasteiger charge is 2.28. The second-order valence-electron chi connectivity index (χ2n) is 6.49. The third-order valence-corrected chi connectivity index (χ3v) is 4.79. The number of fused-ring (bicyclic) bond motifs is 1. The molecular weight excluding hydrogens is 382 g/mol. The molecule has 0 radical (unpaired) electrons. The first-order valence-electron chi connectivity index (χ1n) is 8.58. The minimum absolute atomic E-state index is 0.163. The van der Waals surface area contributed by atoms with Gasteiger partial charge in [-0.15, -0.1) is 0 Å². The number of aromatic hydroxyl groups is 1. The summed E-state index contributed by atoms with van der Waals surface area (Å²) in [5.74, 6) is -3.23. The minimum atomic E-state index is -1.38. The summed E-state index contributed by atoms with van der Waals surface area (Å²) in [7, 11) is 0. The molecule has 148 valence electrons. The van der Waals surface area contributed by atoms with Crippen LogP contribution < -0.4 is 5.73 Å². The van der Waals surface area contributed by atoms with Gasteiger partial charge in [-0.05, 0) is 32.0 Å². The van der Waals surface area contributed by atoms with E-state index >= 15 is 0 Å². The van der Waals surface area contributed by atoms with Crippen LogP contribution in [0.2, 0.25) is 0 Å². The highest BCUT2D eigenvalue weighted by molar-refractivity contribution is 6.15. The van der Waals surface area contributed by atoms with Gasteiger partial charge in [-0.2, -0.15) is 4.39 Å². The van der Waals surface area contributed by atoms with Crippen molar-refractivity contribution in [1.82, 2.24) is 9.72 Å². The fourth-order valence-electron chi connectivity index (χ4n) is 3.56. The zero-order valence-corrected chi connectivity index (χ0v) is 15.4. The maximum atomic E-state index is 14.9. The Bertz CT molecular complexity index is 1270. The summed E-state index contributed by atoms with van der Waals surface area (Å²) in [4.78, 5) is 0. The molecule has 29 heavy (non-hydrogen) atoms. The van der Waals surface area contributed by atoms with Gasteiger partial charge in [0.25, 0.3) is 0 Å². The number of para-hydroxylation sites is 1. The van der Waals surface area contributed by atoms with Crippen molar-refractivity contribution in [3.05, 3.63) is 65.1 Å². The Kier molecular flexibility index (Phi) is 4.22. The Labute approximate surface area is 163 Å². The van der Waals surface area contributed by atoms with E-state index in [1.807, 2.05) is 0 Å². The quantitative estimate of drug-likeness (QED) is 0.209. The third-order valence-electron chi connectivity index (χ3n) is 4.79. The number of phenolic OH excluding ortho intramolecular Hbond substituents is 1. The molecule has 0 aliphatic heterocycles. The fourth-order valence-corrected chi connectivity index (χ4v) is 3.56. The summed E-state index contributed by atoms with van der Waals surface area (Å²) in [6, 6.07) is 9.18. The molecule has 7 nitrogen and oxygen atoms in total. The molecule has 0 fully saturated rings. The number of aromatic nitrogens is 2. The van der Waals surface area contributed by atoms with Gasteiger partial charge >= 0.3 is 0 Å². The van der Waals surface area contributed by atoms with Crippen molar-refractivity contribution < 1.29 is 23.6 Å².